The van der Waals surface area contributed by atoms with E-state index in [9.17, 15) is 19.2 Å². The zero-order valence-electron chi connectivity index (χ0n) is 26.2. The summed E-state index contributed by atoms with van der Waals surface area (Å²) in [5.41, 5.74) is 2.68. The monoisotopic (exact) mass is 599 g/mol. The third kappa shape index (κ3) is 6.82. The Bertz CT molecular complexity index is 1530. The molecule has 1 aliphatic heterocycles. The molecular formula is C35H45N5O4. The van der Waals surface area contributed by atoms with E-state index in [0.717, 1.165) is 46.9 Å². The molecule has 1 aromatic heterocycles. The molecule has 0 saturated carbocycles. The molecule has 2 aromatic carbocycles. The molecule has 1 saturated heterocycles. The summed E-state index contributed by atoms with van der Waals surface area (Å²) in [4.78, 5) is 58.3. The molecule has 5 rings (SSSR count). The third-order valence-electron chi connectivity index (χ3n) is 9.02. The number of carbonyl (C=O) groups is 4. The average Bonchev–Trinajstić information content (AvgIpc) is 3.32. The van der Waals surface area contributed by atoms with Crippen LogP contribution in [-0.4, -0.2) is 70.7 Å². The predicted molar refractivity (Wildman–Crippen MR) is 171 cm³/mol. The Morgan fingerprint density at radius 3 is 2.57 bits per heavy atom. The maximum atomic E-state index is 13.8. The van der Waals surface area contributed by atoms with Crippen LogP contribution in [0.2, 0.25) is 0 Å². The lowest BCUT2D eigenvalue weighted by atomic mass is 9.75. The Labute approximate surface area is 260 Å². The van der Waals surface area contributed by atoms with Crippen LogP contribution in [0.3, 0.4) is 0 Å². The molecule has 9 heteroatoms. The number of amides is 4. The van der Waals surface area contributed by atoms with Gasteiger partial charge >= 0.3 is 0 Å². The number of carbonyl (C=O) groups excluding carboxylic acids is 4. The highest BCUT2D eigenvalue weighted by atomic mass is 16.2. The van der Waals surface area contributed by atoms with Crippen LogP contribution in [-0.2, 0) is 44.6 Å². The van der Waals surface area contributed by atoms with E-state index >= 15 is 0 Å². The zero-order chi connectivity index (χ0) is 31.3. The molecule has 2 heterocycles. The number of nitrogens with zero attached hydrogens (tertiary/aromatic N) is 3. The normalized spacial score (nSPS) is 20.4. The number of aryl methyl sites for hydroxylation is 2. The summed E-state index contributed by atoms with van der Waals surface area (Å²) < 4.78 is 2.01. The largest absolute Gasteiger partial charge is 0.354 e. The average molecular weight is 600 g/mol. The van der Waals surface area contributed by atoms with E-state index in [1.54, 1.807) is 9.80 Å². The Kier molecular flexibility index (Phi) is 9.71. The summed E-state index contributed by atoms with van der Waals surface area (Å²) in [6, 6.07) is 15.8. The summed E-state index contributed by atoms with van der Waals surface area (Å²) >= 11 is 0. The van der Waals surface area contributed by atoms with E-state index < -0.39 is 5.54 Å². The van der Waals surface area contributed by atoms with Crippen LogP contribution in [0.15, 0.2) is 54.7 Å². The number of benzene rings is 2. The van der Waals surface area contributed by atoms with Crippen molar-refractivity contribution in [1.29, 1.82) is 0 Å². The van der Waals surface area contributed by atoms with Gasteiger partial charge in [-0.25, -0.2) is 0 Å². The van der Waals surface area contributed by atoms with Crippen LogP contribution in [0.25, 0.3) is 10.9 Å². The van der Waals surface area contributed by atoms with Crippen molar-refractivity contribution in [3.63, 3.8) is 0 Å². The maximum Gasteiger partial charge on any atom is 0.250 e. The van der Waals surface area contributed by atoms with Gasteiger partial charge in [0.1, 0.15) is 5.54 Å². The van der Waals surface area contributed by atoms with E-state index in [4.69, 9.17) is 0 Å². The van der Waals surface area contributed by atoms with Crippen molar-refractivity contribution >= 4 is 34.5 Å². The molecule has 1 spiro atoms. The third-order valence-corrected chi connectivity index (χ3v) is 9.02. The molecule has 1 unspecified atom stereocenters. The Hall–Kier alpha value is -4.14. The number of rotatable bonds is 5. The second kappa shape index (κ2) is 13.7. The molecule has 0 radical (unpaired) electrons. The fourth-order valence-electron chi connectivity index (χ4n) is 6.59. The van der Waals surface area contributed by atoms with Gasteiger partial charge in [0.05, 0.1) is 19.5 Å². The van der Waals surface area contributed by atoms with Crippen molar-refractivity contribution in [3.8, 4) is 0 Å². The molecule has 234 valence electrons. The van der Waals surface area contributed by atoms with Crippen LogP contribution in [0.4, 0.5) is 0 Å². The van der Waals surface area contributed by atoms with Crippen molar-refractivity contribution in [2.24, 2.45) is 13.0 Å². The van der Waals surface area contributed by atoms with E-state index in [1.807, 2.05) is 66.3 Å². The fraction of sp³-hybridized carbons (Fsp3) is 0.486. The zero-order valence-corrected chi connectivity index (χ0v) is 26.2. The van der Waals surface area contributed by atoms with Gasteiger partial charge < -0.3 is 25.0 Å². The lowest BCUT2D eigenvalue weighted by molar-refractivity contribution is -0.143. The fourth-order valence-corrected chi connectivity index (χ4v) is 6.59. The van der Waals surface area contributed by atoms with Gasteiger partial charge in [0, 0.05) is 43.8 Å². The predicted octanol–water partition coefficient (Wildman–Crippen LogP) is 3.68. The first kappa shape index (κ1) is 31.3. The first-order valence-electron chi connectivity index (χ1n) is 15.9. The van der Waals surface area contributed by atoms with Crippen LogP contribution < -0.4 is 10.6 Å². The van der Waals surface area contributed by atoms with Crippen molar-refractivity contribution in [2.45, 2.75) is 64.3 Å². The molecule has 1 aliphatic carbocycles. The quantitative estimate of drug-likeness (QED) is 0.467. The van der Waals surface area contributed by atoms with Crippen LogP contribution in [0.1, 0.15) is 62.6 Å². The second-order valence-corrected chi connectivity index (χ2v) is 12.7. The van der Waals surface area contributed by atoms with Crippen LogP contribution in [0, 0.1) is 5.92 Å². The summed E-state index contributed by atoms with van der Waals surface area (Å²) in [5, 5.41) is 7.19. The highest BCUT2D eigenvalue weighted by Crippen LogP contribution is 2.36. The molecule has 2 aliphatic rings. The number of hydrogen-bond donors (Lipinski definition) is 2. The Morgan fingerprint density at radius 1 is 0.977 bits per heavy atom. The lowest BCUT2D eigenvalue weighted by Gasteiger charge is -2.39. The SMILES string of the molecule is CC(C)CCN1CC(=O)NC2(CCCc3ccccc32)C(=O)NCCCCN(C(=O)Cc2cn(C)c3ccccc23)CC1=O. The van der Waals surface area contributed by atoms with Gasteiger partial charge in [-0.05, 0) is 67.2 Å². The molecule has 1 atom stereocenters. The number of fused-ring (bicyclic) bond motifs is 3. The van der Waals surface area contributed by atoms with E-state index in [-0.39, 0.29) is 43.1 Å². The number of nitrogens with one attached hydrogen (secondary N) is 2. The topological polar surface area (TPSA) is 104 Å². The minimum atomic E-state index is -1.18. The summed E-state index contributed by atoms with van der Waals surface area (Å²) in [6.07, 6.45) is 6.27. The highest BCUT2D eigenvalue weighted by Gasteiger charge is 2.44. The maximum absolute atomic E-state index is 13.8. The standard InChI is InChI=1S/C35H45N5O4/c1-25(2)16-20-40-23-31(41)37-35(17-10-12-26-11-4-6-14-29(26)35)34(44)36-18-8-9-19-39(24-33(40)43)32(42)21-27-22-38(3)30-15-7-5-13-28(27)30/h4-7,11,13-15,22,25H,8-10,12,16-21,23-24H2,1-3H3,(H,36,44)(H,37,41). The summed E-state index contributed by atoms with van der Waals surface area (Å²) in [6.45, 7) is 5.09. The van der Waals surface area contributed by atoms with Gasteiger partial charge in [0.2, 0.25) is 23.6 Å². The molecule has 4 amide bonds. The van der Waals surface area contributed by atoms with Gasteiger partial charge in [-0.3, -0.25) is 19.2 Å². The number of aromatic nitrogens is 1. The molecule has 0 bridgehead atoms. The second-order valence-electron chi connectivity index (χ2n) is 12.7. The van der Waals surface area contributed by atoms with Crippen LogP contribution in [0.5, 0.6) is 0 Å². The van der Waals surface area contributed by atoms with Gasteiger partial charge in [-0.2, -0.15) is 0 Å². The summed E-state index contributed by atoms with van der Waals surface area (Å²) in [7, 11) is 1.96. The summed E-state index contributed by atoms with van der Waals surface area (Å²) in [5.74, 6) is -0.660. The number of hydrogen-bond acceptors (Lipinski definition) is 4. The van der Waals surface area contributed by atoms with Gasteiger partial charge in [0.15, 0.2) is 0 Å². The molecule has 2 N–H and O–H groups in total. The van der Waals surface area contributed by atoms with E-state index in [0.29, 0.717) is 44.8 Å². The van der Waals surface area contributed by atoms with Crippen molar-refractivity contribution in [3.05, 3.63) is 71.4 Å². The van der Waals surface area contributed by atoms with Crippen LogP contribution >= 0.6 is 0 Å². The van der Waals surface area contributed by atoms with E-state index in [1.165, 1.54) is 0 Å². The minimum Gasteiger partial charge on any atom is -0.354 e. The van der Waals surface area contributed by atoms with Gasteiger partial charge in [-0.15, -0.1) is 0 Å². The smallest absolute Gasteiger partial charge is 0.250 e. The van der Waals surface area contributed by atoms with Gasteiger partial charge in [-0.1, -0.05) is 56.3 Å². The molecule has 1 fully saturated rings. The lowest BCUT2D eigenvalue weighted by Crippen LogP contribution is -2.60. The highest BCUT2D eigenvalue weighted by molar-refractivity contribution is 5.95. The molecule has 44 heavy (non-hydrogen) atoms. The minimum absolute atomic E-state index is 0.0880. The number of para-hydroxylation sites is 1. The van der Waals surface area contributed by atoms with E-state index in [2.05, 4.69) is 24.5 Å². The van der Waals surface area contributed by atoms with Crippen molar-refractivity contribution < 1.29 is 19.2 Å². The van der Waals surface area contributed by atoms with Crippen molar-refractivity contribution in [1.82, 2.24) is 25.0 Å². The molecular weight excluding hydrogens is 554 g/mol. The Morgan fingerprint density at radius 2 is 1.75 bits per heavy atom. The molecule has 9 nitrogen and oxygen atoms in total. The molecule has 3 aromatic rings. The first-order valence-corrected chi connectivity index (χ1v) is 15.9. The van der Waals surface area contributed by atoms with Crippen molar-refractivity contribution in [2.75, 3.05) is 32.7 Å². The van der Waals surface area contributed by atoms with Gasteiger partial charge in [0.25, 0.3) is 0 Å². The Balaban J connectivity index is 1.40. The first-order chi connectivity index (χ1) is 21.2.